The molecule has 0 radical (unpaired) electrons. The first-order valence-corrected chi connectivity index (χ1v) is 14.4. The van der Waals surface area contributed by atoms with E-state index in [-0.39, 0.29) is 17.6 Å². The topological polar surface area (TPSA) is 66.5 Å². The fourth-order valence-electron chi connectivity index (χ4n) is 5.76. The van der Waals surface area contributed by atoms with Crippen LogP contribution in [0.4, 0.5) is 0 Å². The van der Waals surface area contributed by atoms with Crippen LogP contribution in [0.1, 0.15) is 57.1 Å². The summed E-state index contributed by atoms with van der Waals surface area (Å²) in [6.07, 6.45) is 0.751. The zero-order valence-electron chi connectivity index (χ0n) is 22.2. The van der Waals surface area contributed by atoms with E-state index in [4.69, 9.17) is 0 Å². The minimum atomic E-state index is -0.906. The average Bonchev–Trinajstić information content (AvgIpc) is 3.37. The van der Waals surface area contributed by atoms with E-state index in [0.717, 1.165) is 17.5 Å². The molecule has 1 saturated heterocycles. The second-order valence-electron chi connectivity index (χ2n) is 9.98. The van der Waals surface area contributed by atoms with Crippen LogP contribution in [0.25, 0.3) is 0 Å². The second-order valence-corrected chi connectivity index (χ2v) is 10.8. The van der Waals surface area contributed by atoms with Crippen molar-refractivity contribution in [3.05, 3.63) is 142 Å². The Labute approximate surface area is 243 Å². The molecule has 5 rings (SSSR count). The van der Waals surface area contributed by atoms with Gasteiger partial charge in [-0.1, -0.05) is 110 Å². The Kier molecular flexibility index (Phi) is 8.56. The molecule has 5 nitrogen and oxygen atoms in total. The zero-order chi connectivity index (χ0) is 28.1. The van der Waals surface area contributed by atoms with E-state index in [2.05, 4.69) is 21.2 Å². The van der Waals surface area contributed by atoms with Gasteiger partial charge in [-0.2, -0.15) is 0 Å². The summed E-state index contributed by atoms with van der Waals surface area (Å²) in [5.74, 6) is -1.93. The number of benzene rings is 4. The number of hydrogen-bond acceptors (Lipinski definition) is 3. The quantitative estimate of drug-likeness (QED) is 0.227. The maximum absolute atomic E-state index is 14.5. The smallest absolute Gasteiger partial charge is 0.256 e. The summed E-state index contributed by atoms with van der Waals surface area (Å²) in [4.78, 5) is 44.7. The minimum Gasteiger partial charge on any atom is -0.354 e. The summed E-state index contributed by atoms with van der Waals surface area (Å²) in [5, 5.41) is 3.04. The van der Waals surface area contributed by atoms with Crippen molar-refractivity contribution in [3.8, 4) is 0 Å². The van der Waals surface area contributed by atoms with Crippen molar-refractivity contribution in [2.45, 2.75) is 31.3 Å². The Morgan fingerprint density at radius 1 is 0.750 bits per heavy atom. The van der Waals surface area contributed by atoms with Crippen molar-refractivity contribution in [3.63, 3.8) is 0 Å². The molecule has 6 heteroatoms. The van der Waals surface area contributed by atoms with Gasteiger partial charge >= 0.3 is 0 Å². The van der Waals surface area contributed by atoms with Crippen LogP contribution in [0, 0.1) is 5.92 Å². The molecule has 40 heavy (non-hydrogen) atoms. The van der Waals surface area contributed by atoms with Gasteiger partial charge in [-0.15, -0.1) is 0 Å². The van der Waals surface area contributed by atoms with E-state index in [1.807, 2.05) is 97.9 Å². The number of rotatable bonds is 8. The van der Waals surface area contributed by atoms with Gasteiger partial charge in [0, 0.05) is 22.5 Å². The lowest BCUT2D eigenvalue weighted by molar-refractivity contribution is -0.125. The van der Waals surface area contributed by atoms with Gasteiger partial charge in [0.15, 0.2) is 5.78 Å². The molecule has 1 N–H and O–H groups in total. The summed E-state index contributed by atoms with van der Waals surface area (Å²) in [6.45, 7) is 2.46. The third-order valence-corrected chi connectivity index (χ3v) is 8.20. The fourth-order valence-corrected chi connectivity index (χ4v) is 6.22. The summed E-state index contributed by atoms with van der Waals surface area (Å²) in [5.41, 5.74) is 2.65. The number of nitrogens with zero attached hydrogens (tertiary/aromatic N) is 1. The Morgan fingerprint density at radius 2 is 1.30 bits per heavy atom. The van der Waals surface area contributed by atoms with Crippen LogP contribution in [-0.4, -0.2) is 35.1 Å². The van der Waals surface area contributed by atoms with E-state index >= 15 is 0 Å². The van der Waals surface area contributed by atoms with Crippen LogP contribution >= 0.6 is 15.9 Å². The largest absolute Gasteiger partial charge is 0.354 e. The van der Waals surface area contributed by atoms with E-state index in [9.17, 15) is 14.4 Å². The first-order chi connectivity index (χ1) is 19.5. The van der Waals surface area contributed by atoms with Gasteiger partial charge in [-0.25, -0.2) is 0 Å². The van der Waals surface area contributed by atoms with Crippen LogP contribution < -0.4 is 5.32 Å². The van der Waals surface area contributed by atoms with E-state index in [1.165, 1.54) is 0 Å². The molecule has 0 bridgehead atoms. The van der Waals surface area contributed by atoms with E-state index in [0.29, 0.717) is 22.1 Å². The maximum Gasteiger partial charge on any atom is 0.256 e. The first kappa shape index (κ1) is 27.5. The summed E-state index contributed by atoms with van der Waals surface area (Å²) < 4.78 is 0.633. The van der Waals surface area contributed by atoms with Crippen LogP contribution in [0.15, 0.2) is 120 Å². The molecule has 0 aromatic heterocycles. The molecule has 202 valence electrons. The molecule has 0 aliphatic carbocycles. The van der Waals surface area contributed by atoms with Gasteiger partial charge in [-0.3, -0.25) is 14.4 Å². The van der Waals surface area contributed by atoms with Crippen LogP contribution in [0.5, 0.6) is 0 Å². The molecule has 4 unspecified atom stereocenters. The molecule has 4 aromatic carbocycles. The predicted molar refractivity (Wildman–Crippen MR) is 160 cm³/mol. The van der Waals surface area contributed by atoms with Gasteiger partial charge in [0.2, 0.25) is 5.91 Å². The van der Waals surface area contributed by atoms with Gasteiger partial charge in [0.05, 0.1) is 17.5 Å². The summed E-state index contributed by atoms with van der Waals surface area (Å²) >= 11 is 3.54. The summed E-state index contributed by atoms with van der Waals surface area (Å²) in [6, 6.07) is 34.0. The number of Topliss-reactive ketones (excluding diaryl/α,β-unsaturated/α-hetero) is 1. The number of carbonyl (C=O) groups is 3. The van der Waals surface area contributed by atoms with E-state index in [1.54, 1.807) is 29.2 Å². The van der Waals surface area contributed by atoms with Crippen molar-refractivity contribution in [1.29, 1.82) is 0 Å². The Bertz CT molecular complexity index is 1480. The number of nitrogens with one attached hydrogen (secondary N) is 1. The van der Waals surface area contributed by atoms with Crippen molar-refractivity contribution < 1.29 is 14.4 Å². The molecular weight excluding hydrogens is 564 g/mol. The molecule has 4 aromatic rings. The number of carbonyl (C=O) groups excluding carboxylic acids is 3. The van der Waals surface area contributed by atoms with Crippen LogP contribution in [-0.2, 0) is 4.79 Å². The normalized spacial score (nSPS) is 20.2. The monoisotopic (exact) mass is 594 g/mol. The molecule has 1 aliphatic rings. The molecule has 1 aliphatic heterocycles. The van der Waals surface area contributed by atoms with Crippen LogP contribution in [0.3, 0.4) is 0 Å². The number of ketones is 1. The zero-order valence-corrected chi connectivity index (χ0v) is 23.8. The van der Waals surface area contributed by atoms with Gasteiger partial charge in [0.1, 0.15) is 6.04 Å². The Morgan fingerprint density at radius 3 is 1.90 bits per heavy atom. The lowest BCUT2D eigenvalue weighted by atomic mass is 9.76. The third-order valence-electron chi connectivity index (χ3n) is 7.51. The molecule has 2 amide bonds. The lowest BCUT2D eigenvalue weighted by Gasteiger charge is -2.32. The predicted octanol–water partition coefficient (Wildman–Crippen LogP) is 6.82. The standard InChI is InChI=1S/C34H31BrN2O3/c1-2-22-36-33(39)31-28(23-14-6-3-7-15-23)29(32(38)25-18-10-5-11-19-25)30(24-16-8-4-9-17-24)37(31)34(40)26-20-12-13-21-27(26)35/h3-21,28-31H,2,22H2,1H3,(H,36,39). The number of halogens is 1. The highest BCUT2D eigenvalue weighted by atomic mass is 79.9. The average molecular weight is 596 g/mol. The highest BCUT2D eigenvalue weighted by molar-refractivity contribution is 9.10. The van der Waals surface area contributed by atoms with Crippen molar-refractivity contribution in [1.82, 2.24) is 10.2 Å². The lowest BCUT2D eigenvalue weighted by Crippen LogP contribution is -2.49. The Balaban J connectivity index is 1.78. The molecule has 4 atom stereocenters. The fraction of sp³-hybridized carbons (Fsp3) is 0.206. The summed E-state index contributed by atoms with van der Waals surface area (Å²) in [7, 11) is 0. The molecule has 0 spiro atoms. The van der Waals surface area contributed by atoms with Crippen LogP contribution in [0.2, 0.25) is 0 Å². The van der Waals surface area contributed by atoms with Gasteiger partial charge < -0.3 is 10.2 Å². The minimum absolute atomic E-state index is 0.0981. The SMILES string of the molecule is CCCNC(=O)C1C(c2ccccc2)C(C(=O)c2ccccc2)C(c2ccccc2)N1C(=O)c1ccccc1Br. The van der Waals surface area contributed by atoms with Gasteiger partial charge in [-0.05, 0) is 45.6 Å². The van der Waals surface area contributed by atoms with E-state index < -0.39 is 23.9 Å². The highest BCUT2D eigenvalue weighted by Gasteiger charge is 2.57. The molecule has 1 fully saturated rings. The number of amides is 2. The van der Waals surface area contributed by atoms with Crippen molar-refractivity contribution in [2.75, 3.05) is 6.54 Å². The first-order valence-electron chi connectivity index (χ1n) is 13.6. The van der Waals surface area contributed by atoms with Crippen molar-refractivity contribution in [2.24, 2.45) is 5.92 Å². The van der Waals surface area contributed by atoms with Gasteiger partial charge in [0.25, 0.3) is 5.91 Å². The number of hydrogen-bond donors (Lipinski definition) is 1. The number of likely N-dealkylation sites (tertiary alicyclic amines) is 1. The molecule has 1 heterocycles. The maximum atomic E-state index is 14.5. The second kappa shape index (κ2) is 12.4. The molecule has 0 saturated carbocycles. The Hall–Kier alpha value is -4.03. The van der Waals surface area contributed by atoms with Crippen molar-refractivity contribution >= 4 is 33.5 Å². The third kappa shape index (κ3) is 5.36. The molecular formula is C34H31BrN2O3. The highest BCUT2D eigenvalue weighted by Crippen LogP contribution is 2.52.